The molecule has 1 aromatic rings. The Hall–Kier alpha value is -1.79. The number of amides is 3. The molecule has 0 saturated carbocycles. The van der Waals surface area contributed by atoms with E-state index in [2.05, 4.69) is 28.2 Å². The molecular formula is C16H23ClN4O2. The van der Waals surface area contributed by atoms with Crippen LogP contribution in [0.5, 0.6) is 0 Å². The number of nitrogens with one attached hydrogen (secondary N) is 4. The van der Waals surface area contributed by atoms with Crippen molar-refractivity contribution in [3.05, 3.63) is 34.9 Å². The Bertz CT molecular complexity index is 535. The van der Waals surface area contributed by atoms with E-state index in [0.717, 1.165) is 25.1 Å². The lowest BCUT2D eigenvalue weighted by molar-refractivity contribution is -0.121. The van der Waals surface area contributed by atoms with E-state index in [1.54, 1.807) is 12.1 Å². The van der Waals surface area contributed by atoms with Gasteiger partial charge in [-0.1, -0.05) is 30.7 Å². The number of halogens is 1. The Morgan fingerprint density at radius 3 is 2.70 bits per heavy atom. The lowest BCUT2D eigenvalue weighted by Gasteiger charge is -2.30. The summed E-state index contributed by atoms with van der Waals surface area (Å²) in [5.74, 6) is 0.270. The molecule has 7 heteroatoms. The van der Waals surface area contributed by atoms with Crippen molar-refractivity contribution in [1.82, 2.24) is 21.3 Å². The van der Waals surface area contributed by atoms with E-state index in [1.165, 1.54) is 0 Å². The first-order chi connectivity index (χ1) is 11.0. The molecule has 3 amide bonds. The van der Waals surface area contributed by atoms with Crippen LogP contribution in [0.2, 0.25) is 5.02 Å². The molecule has 0 radical (unpaired) electrons. The van der Waals surface area contributed by atoms with E-state index in [0.29, 0.717) is 17.5 Å². The van der Waals surface area contributed by atoms with Crippen molar-refractivity contribution in [2.75, 3.05) is 19.6 Å². The molecule has 23 heavy (non-hydrogen) atoms. The van der Waals surface area contributed by atoms with Crippen LogP contribution in [-0.2, 0) is 11.3 Å². The Balaban J connectivity index is 1.65. The minimum atomic E-state index is -0.370. The van der Waals surface area contributed by atoms with Crippen LogP contribution in [0.15, 0.2) is 24.3 Å². The average Bonchev–Trinajstić information content (AvgIpc) is 2.54. The number of carbonyl (C=O) groups is 2. The van der Waals surface area contributed by atoms with Crippen LogP contribution in [0.25, 0.3) is 0 Å². The van der Waals surface area contributed by atoms with Gasteiger partial charge in [0, 0.05) is 24.2 Å². The van der Waals surface area contributed by atoms with Crippen LogP contribution < -0.4 is 21.3 Å². The second-order valence-electron chi connectivity index (χ2n) is 5.81. The third kappa shape index (κ3) is 6.08. The fourth-order valence-corrected chi connectivity index (χ4v) is 2.57. The summed E-state index contributed by atoms with van der Waals surface area (Å²) in [5, 5.41) is 12.1. The van der Waals surface area contributed by atoms with E-state index < -0.39 is 0 Å². The third-order valence-electron chi connectivity index (χ3n) is 3.95. The van der Waals surface area contributed by atoms with Gasteiger partial charge >= 0.3 is 6.03 Å². The van der Waals surface area contributed by atoms with Crippen LogP contribution in [0, 0.1) is 5.92 Å². The maximum atomic E-state index is 11.9. The Morgan fingerprint density at radius 1 is 1.26 bits per heavy atom. The summed E-state index contributed by atoms with van der Waals surface area (Å²) in [5.41, 5.74) is 0.941. The van der Waals surface area contributed by atoms with Gasteiger partial charge in [-0.3, -0.25) is 4.79 Å². The minimum Gasteiger partial charge on any atom is -0.350 e. The monoisotopic (exact) mass is 338 g/mol. The zero-order valence-corrected chi connectivity index (χ0v) is 14.0. The number of hydrogen-bond donors (Lipinski definition) is 4. The zero-order chi connectivity index (χ0) is 16.7. The highest BCUT2D eigenvalue weighted by molar-refractivity contribution is 6.30. The molecular weight excluding hydrogens is 316 g/mol. The van der Waals surface area contributed by atoms with E-state index >= 15 is 0 Å². The molecule has 0 spiro atoms. The van der Waals surface area contributed by atoms with Crippen LogP contribution in [0.3, 0.4) is 0 Å². The molecule has 1 aromatic carbocycles. The number of urea groups is 1. The van der Waals surface area contributed by atoms with Gasteiger partial charge < -0.3 is 21.3 Å². The lowest BCUT2D eigenvalue weighted by Crippen LogP contribution is -2.52. The molecule has 2 rings (SSSR count). The molecule has 1 aliphatic heterocycles. The molecule has 0 aromatic heterocycles. The van der Waals surface area contributed by atoms with Crippen LogP contribution >= 0.6 is 11.6 Å². The van der Waals surface area contributed by atoms with Gasteiger partial charge in [0.25, 0.3) is 0 Å². The van der Waals surface area contributed by atoms with Gasteiger partial charge in [0.15, 0.2) is 0 Å². The molecule has 6 nitrogen and oxygen atoms in total. The molecule has 4 N–H and O–H groups in total. The zero-order valence-electron chi connectivity index (χ0n) is 13.2. The van der Waals surface area contributed by atoms with Crippen LogP contribution in [-0.4, -0.2) is 37.6 Å². The predicted molar refractivity (Wildman–Crippen MR) is 90.3 cm³/mol. The fraction of sp³-hybridized carbons (Fsp3) is 0.500. The standard InChI is InChI=1S/C16H23ClN4O2/c1-11-6-7-18-9-14(11)21-15(22)10-20-16(23)19-8-12-2-4-13(17)5-3-12/h2-5,11,14,18H,6-10H2,1H3,(H,21,22)(H2,19,20,23). The first-order valence-electron chi connectivity index (χ1n) is 7.81. The summed E-state index contributed by atoms with van der Waals surface area (Å²) < 4.78 is 0. The highest BCUT2D eigenvalue weighted by Crippen LogP contribution is 2.11. The second kappa shape index (κ2) is 8.74. The van der Waals surface area contributed by atoms with Crippen molar-refractivity contribution < 1.29 is 9.59 Å². The van der Waals surface area contributed by atoms with Gasteiger partial charge in [-0.2, -0.15) is 0 Å². The SMILES string of the molecule is CC1CCNCC1NC(=O)CNC(=O)NCc1ccc(Cl)cc1. The lowest BCUT2D eigenvalue weighted by atomic mass is 9.95. The van der Waals surface area contributed by atoms with Crippen molar-refractivity contribution >= 4 is 23.5 Å². The summed E-state index contributed by atoms with van der Waals surface area (Å²) in [4.78, 5) is 23.6. The second-order valence-corrected chi connectivity index (χ2v) is 6.24. The summed E-state index contributed by atoms with van der Waals surface area (Å²) >= 11 is 5.80. The maximum absolute atomic E-state index is 11.9. The van der Waals surface area contributed by atoms with Crippen LogP contribution in [0.4, 0.5) is 4.79 Å². The van der Waals surface area contributed by atoms with Gasteiger partial charge in [-0.05, 0) is 36.6 Å². The summed E-state index contributed by atoms with van der Waals surface area (Å²) in [7, 11) is 0. The smallest absolute Gasteiger partial charge is 0.315 e. The van der Waals surface area contributed by atoms with Crippen molar-refractivity contribution in [2.24, 2.45) is 5.92 Å². The molecule has 1 heterocycles. The molecule has 2 atom stereocenters. The number of carbonyl (C=O) groups excluding carboxylic acids is 2. The topological polar surface area (TPSA) is 82.3 Å². The van der Waals surface area contributed by atoms with Crippen molar-refractivity contribution in [1.29, 1.82) is 0 Å². The minimum absolute atomic E-state index is 0.0321. The summed E-state index contributed by atoms with van der Waals surface area (Å²) in [6.07, 6.45) is 1.04. The maximum Gasteiger partial charge on any atom is 0.315 e. The predicted octanol–water partition coefficient (Wildman–Crippen LogP) is 1.25. The molecule has 1 saturated heterocycles. The summed E-state index contributed by atoms with van der Waals surface area (Å²) in [6.45, 7) is 4.23. The fourth-order valence-electron chi connectivity index (χ4n) is 2.45. The van der Waals surface area contributed by atoms with Crippen molar-refractivity contribution in [3.8, 4) is 0 Å². The number of rotatable bonds is 5. The van der Waals surface area contributed by atoms with Crippen LogP contribution in [0.1, 0.15) is 18.9 Å². The van der Waals surface area contributed by atoms with E-state index in [4.69, 9.17) is 11.6 Å². The largest absolute Gasteiger partial charge is 0.350 e. The van der Waals surface area contributed by atoms with Crippen molar-refractivity contribution in [2.45, 2.75) is 25.9 Å². The molecule has 1 aliphatic rings. The first-order valence-corrected chi connectivity index (χ1v) is 8.18. The molecule has 0 bridgehead atoms. The number of hydrogen-bond acceptors (Lipinski definition) is 3. The van der Waals surface area contributed by atoms with Gasteiger partial charge in [-0.15, -0.1) is 0 Å². The molecule has 0 aliphatic carbocycles. The highest BCUT2D eigenvalue weighted by atomic mass is 35.5. The Morgan fingerprint density at radius 2 is 2.00 bits per heavy atom. The van der Waals surface area contributed by atoms with Crippen molar-refractivity contribution in [3.63, 3.8) is 0 Å². The normalized spacial score (nSPS) is 20.6. The van der Waals surface area contributed by atoms with Gasteiger partial charge in [-0.25, -0.2) is 4.79 Å². The average molecular weight is 339 g/mol. The third-order valence-corrected chi connectivity index (χ3v) is 4.20. The first kappa shape index (κ1) is 17.6. The van der Waals surface area contributed by atoms with Gasteiger partial charge in [0.1, 0.15) is 0 Å². The highest BCUT2D eigenvalue weighted by Gasteiger charge is 2.22. The quantitative estimate of drug-likeness (QED) is 0.652. The van der Waals surface area contributed by atoms with E-state index in [1.807, 2.05) is 12.1 Å². The number of piperidine rings is 1. The summed E-state index contributed by atoms with van der Waals surface area (Å²) in [6, 6.07) is 6.96. The van der Waals surface area contributed by atoms with Gasteiger partial charge in [0.2, 0.25) is 5.91 Å². The van der Waals surface area contributed by atoms with Gasteiger partial charge in [0.05, 0.1) is 6.54 Å². The molecule has 1 fully saturated rings. The van der Waals surface area contributed by atoms with E-state index in [-0.39, 0.29) is 24.5 Å². The molecule has 2 unspecified atom stereocenters. The number of benzene rings is 1. The molecule has 126 valence electrons. The Labute approximate surface area is 141 Å². The van der Waals surface area contributed by atoms with E-state index in [9.17, 15) is 9.59 Å². The Kier molecular flexibility index (Phi) is 6.67.